The Bertz CT molecular complexity index is 235. The molecule has 1 aliphatic carbocycles. The van der Waals surface area contributed by atoms with Crippen LogP contribution >= 0.6 is 34.8 Å². The van der Waals surface area contributed by atoms with Crippen LogP contribution in [0.2, 0.25) is 0 Å². The third kappa shape index (κ3) is 4.07. The number of rotatable bonds is 1. The number of hydrogen-bond donors (Lipinski definition) is 1. The first kappa shape index (κ1) is 12.2. The summed E-state index contributed by atoms with van der Waals surface area (Å²) in [6, 6.07) is 0.000579. The first-order valence-electron chi connectivity index (χ1n) is 4.54. The van der Waals surface area contributed by atoms with Crippen molar-refractivity contribution in [3.05, 3.63) is 12.2 Å². The van der Waals surface area contributed by atoms with Crippen molar-refractivity contribution in [3.8, 4) is 0 Å². The number of carbonyl (C=O) groups excluding carboxylic acids is 1. The molecule has 0 aromatic heterocycles. The van der Waals surface area contributed by atoms with E-state index in [1.54, 1.807) is 0 Å². The summed E-state index contributed by atoms with van der Waals surface area (Å²) < 4.78 is -1.86. The van der Waals surface area contributed by atoms with E-state index in [9.17, 15) is 4.79 Å². The molecule has 1 unspecified atom stereocenters. The van der Waals surface area contributed by atoms with Gasteiger partial charge in [0.1, 0.15) is 0 Å². The summed E-state index contributed by atoms with van der Waals surface area (Å²) >= 11 is 16.3. The maximum Gasteiger partial charge on any atom is 0.272 e. The normalized spacial score (nSPS) is 22.9. The first-order chi connectivity index (χ1) is 6.50. The standard InChI is InChI=1S/C9H12Cl3NO/c10-9(11,12)8(14)13-7-5-3-1-2-4-6-7/h3,5,7H,1-2,4,6H2,(H,13,14). The summed E-state index contributed by atoms with van der Waals surface area (Å²) in [6.45, 7) is 0. The number of nitrogens with one attached hydrogen (secondary N) is 1. The van der Waals surface area contributed by atoms with Crippen LogP contribution in [0.5, 0.6) is 0 Å². The Balaban J connectivity index is 2.46. The van der Waals surface area contributed by atoms with E-state index in [1.165, 1.54) is 0 Å². The Morgan fingerprint density at radius 2 is 2.07 bits per heavy atom. The van der Waals surface area contributed by atoms with Gasteiger partial charge in [-0.05, 0) is 19.3 Å². The van der Waals surface area contributed by atoms with Crippen LogP contribution in [0.15, 0.2) is 12.2 Å². The Morgan fingerprint density at radius 1 is 1.36 bits per heavy atom. The molecule has 2 nitrogen and oxygen atoms in total. The van der Waals surface area contributed by atoms with E-state index in [4.69, 9.17) is 34.8 Å². The van der Waals surface area contributed by atoms with E-state index in [2.05, 4.69) is 11.4 Å². The van der Waals surface area contributed by atoms with Gasteiger partial charge in [-0.3, -0.25) is 4.79 Å². The van der Waals surface area contributed by atoms with Crippen LogP contribution in [-0.2, 0) is 4.79 Å². The van der Waals surface area contributed by atoms with Crippen LogP contribution in [0.3, 0.4) is 0 Å². The van der Waals surface area contributed by atoms with Crippen LogP contribution in [0.4, 0.5) is 0 Å². The fraction of sp³-hybridized carbons (Fsp3) is 0.667. The molecule has 0 fully saturated rings. The third-order valence-corrected chi connectivity index (χ3v) is 2.59. The lowest BCUT2D eigenvalue weighted by Crippen LogP contribution is -2.40. The molecule has 1 amide bonds. The molecule has 80 valence electrons. The van der Waals surface area contributed by atoms with E-state index >= 15 is 0 Å². The minimum absolute atomic E-state index is 0.000579. The van der Waals surface area contributed by atoms with Gasteiger partial charge in [-0.1, -0.05) is 53.4 Å². The molecule has 0 spiro atoms. The van der Waals surface area contributed by atoms with Crippen LogP contribution in [0.25, 0.3) is 0 Å². The Kier molecular flexibility index (Phi) is 4.55. The van der Waals surface area contributed by atoms with Gasteiger partial charge in [-0.15, -0.1) is 0 Å². The quantitative estimate of drug-likeness (QED) is 0.567. The second-order valence-corrected chi connectivity index (χ2v) is 5.57. The molecule has 1 aliphatic rings. The fourth-order valence-electron chi connectivity index (χ4n) is 1.35. The van der Waals surface area contributed by atoms with Crippen molar-refractivity contribution in [2.75, 3.05) is 0 Å². The highest BCUT2D eigenvalue weighted by Crippen LogP contribution is 2.26. The summed E-state index contributed by atoms with van der Waals surface area (Å²) in [5, 5.41) is 2.68. The summed E-state index contributed by atoms with van der Waals surface area (Å²) in [5.41, 5.74) is 0. The molecular formula is C9H12Cl3NO. The Labute approximate surface area is 98.6 Å². The van der Waals surface area contributed by atoms with Crippen LogP contribution in [-0.4, -0.2) is 15.7 Å². The molecule has 0 aromatic rings. The molecule has 0 heterocycles. The lowest BCUT2D eigenvalue weighted by Gasteiger charge is -2.17. The predicted molar refractivity (Wildman–Crippen MR) is 59.8 cm³/mol. The number of allylic oxidation sites excluding steroid dienone is 1. The van der Waals surface area contributed by atoms with Gasteiger partial charge in [0.25, 0.3) is 9.70 Å². The Hall–Kier alpha value is 0.0800. The molecule has 0 radical (unpaired) electrons. The number of halogens is 3. The summed E-state index contributed by atoms with van der Waals surface area (Å²) in [7, 11) is 0. The van der Waals surface area contributed by atoms with Gasteiger partial charge in [0, 0.05) is 6.04 Å². The second-order valence-electron chi connectivity index (χ2n) is 3.29. The molecule has 14 heavy (non-hydrogen) atoms. The highest BCUT2D eigenvalue weighted by molar-refractivity contribution is 6.76. The molecular weight excluding hydrogens is 244 g/mol. The highest BCUT2D eigenvalue weighted by atomic mass is 35.6. The maximum absolute atomic E-state index is 11.3. The molecule has 0 bridgehead atoms. The smallest absolute Gasteiger partial charge is 0.272 e. The van der Waals surface area contributed by atoms with Crippen molar-refractivity contribution in [1.82, 2.24) is 5.32 Å². The number of amides is 1. The number of carbonyl (C=O) groups is 1. The van der Waals surface area contributed by atoms with Crippen LogP contribution in [0, 0.1) is 0 Å². The molecule has 5 heteroatoms. The average molecular weight is 257 g/mol. The number of hydrogen-bond acceptors (Lipinski definition) is 1. The van der Waals surface area contributed by atoms with Gasteiger partial charge in [-0.25, -0.2) is 0 Å². The topological polar surface area (TPSA) is 29.1 Å². The summed E-state index contributed by atoms with van der Waals surface area (Å²) in [4.78, 5) is 11.3. The highest BCUT2D eigenvalue weighted by Gasteiger charge is 2.31. The van der Waals surface area contributed by atoms with Gasteiger partial charge in [0.2, 0.25) is 0 Å². The minimum Gasteiger partial charge on any atom is -0.346 e. The zero-order valence-corrected chi connectivity index (χ0v) is 9.87. The number of alkyl halides is 3. The van der Waals surface area contributed by atoms with Crippen LogP contribution < -0.4 is 5.32 Å². The predicted octanol–water partition coefficient (Wildman–Crippen LogP) is 2.97. The van der Waals surface area contributed by atoms with Crippen molar-refractivity contribution in [3.63, 3.8) is 0 Å². The molecule has 0 aromatic carbocycles. The zero-order valence-electron chi connectivity index (χ0n) is 7.60. The van der Waals surface area contributed by atoms with Crippen molar-refractivity contribution in [1.29, 1.82) is 0 Å². The summed E-state index contributed by atoms with van der Waals surface area (Å²) in [6.07, 6.45) is 8.20. The molecule has 1 rings (SSSR count). The monoisotopic (exact) mass is 255 g/mol. The van der Waals surface area contributed by atoms with Gasteiger partial charge >= 0.3 is 0 Å². The zero-order chi connectivity index (χ0) is 10.6. The molecule has 1 atom stereocenters. The van der Waals surface area contributed by atoms with E-state index in [0.717, 1.165) is 25.7 Å². The van der Waals surface area contributed by atoms with E-state index in [1.807, 2.05) is 6.08 Å². The lowest BCUT2D eigenvalue weighted by molar-refractivity contribution is -0.120. The largest absolute Gasteiger partial charge is 0.346 e. The van der Waals surface area contributed by atoms with Crippen molar-refractivity contribution >= 4 is 40.7 Å². The molecule has 0 saturated carbocycles. The molecule has 0 aliphatic heterocycles. The maximum atomic E-state index is 11.3. The van der Waals surface area contributed by atoms with Gasteiger partial charge in [-0.2, -0.15) is 0 Å². The third-order valence-electron chi connectivity index (χ3n) is 2.08. The van der Waals surface area contributed by atoms with Gasteiger partial charge in [0.05, 0.1) is 0 Å². The SMILES string of the molecule is O=C(NC1C=CCCCC1)C(Cl)(Cl)Cl. The first-order valence-corrected chi connectivity index (χ1v) is 5.68. The minimum atomic E-state index is -1.86. The van der Waals surface area contributed by atoms with Crippen molar-refractivity contribution in [2.24, 2.45) is 0 Å². The second kappa shape index (κ2) is 5.24. The lowest BCUT2D eigenvalue weighted by atomic mass is 10.1. The Morgan fingerprint density at radius 3 is 2.71 bits per heavy atom. The molecule has 0 saturated heterocycles. The summed E-state index contributed by atoms with van der Waals surface area (Å²) in [5.74, 6) is -0.556. The van der Waals surface area contributed by atoms with E-state index in [-0.39, 0.29) is 6.04 Å². The fourth-order valence-corrected chi connectivity index (χ4v) is 1.52. The van der Waals surface area contributed by atoms with E-state index in [0.29, 0.717) is 0 Å². The van der Waals surface area contributed by atoms with Gasteiger partial charge in [0.15, 0.2) is 0 Å². The van der Waals surface area contributed by atoms with Crippen LogP contribution in [0.1, 0.15) is 25.7 Å². The van der Waals surface area contributed by atoms with E-state index < -0.39 is 9.70 Å². The van der Waals surface area contributed by atoms with Crippen molar-refractivity contribution in [2.45, 2.75) is 35.5 Å². The average Bonchev–Trinajstić information content (AvgIpc) is 2.31. The van der Waals surface area contributed by atoms with Gasteiger partial charge < -0.3 is 5.32 Å². The molecule has 1 N–H and O–H groups in total. The van der Waals surface area contributed by atoms with Crippen molar-refractivity contribution < 1.29 is 4.79 Å².